The van der Waals surface area contributed by atoms with Crippen molar-refractivity contribution in [3.63, 3.8) is 0 Å². The van der Waals surface area contributed by atoms with Crippen molar-refractivity contribution in [2.45, 2.75) is 58.6 Å². The molecule has 26 heavy (non-hydrogen) atoms. The van der Waals surface area contributed by atoms with Gasteiger partial charge in [0.15, 0.2) is 0 Å². The molecule has 0 aliphatic carbocycles. The number of para-hydroxylation sites is 1. The van der Waals surface area contributed by atoms with Gasteiger partial charge < -0.3 is 10.1 Å². The summed E-state index contributed by atoms with van der Waals surface area (Å²) in [6, 6.07) is 12.4. The molecule has 2 rings (SSSR count). The van der Waals surface area contributed by atoms with Crippen LogP contribution in [0.4, 0.5) is 4.39 Å². The summed E-state index contributed by atoms with van der Waals surface area (Å²) in [5.74, 6) is 0.501. The molecule has 0 radical (unpaired) electrons. The summed E-state index contributed by atoms with van der Waals surface area (Å²) in [6.07, 6.45) is 7.80. The lowest BCUT2D eigenvalue weighted by atomic mass is 10.1. The predicted molar refractivity (Wildman–Crippen MR) is 107 cm³/mol. The highest BCUT2D eigenvalue weighted by Crippen LogP contribution is 2.22. The van der Waals surface area contributed by atoms with Crippen molar-refractivity contribution in [1.82, 2.24) is 5.32 Å². The van der Waals surface area contributed by atoms with Crippen LogP contribution in [0.5, 0.6) is 5.75 Å². The van der Waals surface area contributed by atoms with E-state index in [9.17, 15) is 4.39 Å². The highest BCUT2D eigenvalue weighted by Gasteiger charge is 2.06. The highest BCUT2D eigenvalue weighted by molar-refractivity contribution is 6.31. The second kappa shape index (κ2) is 11.9. The first kappa shape index (κ1) is 20.7. The molecular formula is C22H29ClFNO. The van der Waals surface area contributed by atoms with Gasteiger partial charge in [0.05, 0.1) is 5.02 Å². The Bertz CT molecular complexity index is 662. The molecule has 0 unspecified atom stereocenters. The number of hydrogen-bond donors (Lipinski definition) is 1. The number of nitrogens with one attached hydrogen (secondary N) is 1. The van der Waals surface area contributed by atoms with Gasteiger partial charge in [0.2, 0.25) is 0 Å². The number of halogens is 2. The zero-order valence-corrected chi connectivity index (χ0v) is 16.3. The van der Waals surface area contributed by atoms with Crippen LogP contribution in [0.2, 0.25) is 5.02 Å². The van der Waals surface area contributed by atoms with Gasteiger partial charge in [0.25, 0.3) is 0 Å². The van der Waals surface area contributed by atoms with Gasteiger partial charge >= 0.3 is 0 Å². The zero-order valence-electron chi connectivity index (χ0n) is 15.6. The average Bonchev–Trinajstić information content (AvgIpc) is 2.64. The van der Waals surface area contributed by atoms with E-state index >= 15 is 0 Å². The van der Waals surface area contributed by atoms with Gasteiger partial charge in [-0.25, -0.2) is 4.39 Å². The molecule has 0 heterocycles. The summed E-state index contributed by atoms with van der Waals surface area (Å²) < 4.78 is 19.0. The predicted octanol–water partition coefficient (Wildman–Crippen LogP) is 6.51. The number of unbranched alkanes of at least 4 members (excludes halogenated alkanes) is 5. The molecule has 0 fully saturated rings. The first-order valence-electron chi connectivity index (χ1n) is 9.56. The number of hydrogen-bond acceptors (Lipinski definition) is 2. The molecule has 0 saturated carbocycles. The lowest BCUT2D eigenvalue weighted by Crippen LogP contribution is -2.15. The molecule has 0 atom stereocenters. The molecular weight excluding hydrogens is 349 g/mol. The van der Waals surface area contributed by atoms with E-state index in [1.165, 1.54) is 50.7 Å². The van der Waals surface area contributed by atoms with Crippen molar-refractivity contribution in [2.75, 3.05) is 6.54 Å². The molecule has 142 valence electrons. The maximum Gasteiger partial charge on any atom is 0.124 e. The summed E-state index contributed by atoms with van der Waals surface area (Å²) >= 11 is 6.07. The monoisotopic (exact) mass is 377 g/mol. The Hall–Kier alpha value is -1.58. The molecule has 0 bridgehead atoms. The lowest BCUT2D eigenvalue weighted by molar-refractivity contribution is 0.302. The Morgan fingerprint density at radius 2 is 1.73 bits per heavy atom. The van der Waals surface area contributed by atoms with Crippen molar-refractivity contribution >= 4 is 11.6 Å². The fourth-order valence-corrected chi connectivity index (χ4v) is 3.06. The van der Waals surface area contributed by atoms with Gasteiger partial charge in [0.1, 0.15) is 18.2 Å². The van der Waals surface area contributed by atoms with Crippen molar-refractivity contribution < 1.29 is 9.13 Å². The maximum atomic E-state index is 13.1. The van der Waals surface area contributed by atoms with Crippen molar-refractivity contribution in [3.8, 4) is 5.75 Å². The van der Waals surface area contributed by atoms with Gasteiger partial charge in [-0.3, -0.25) is 0 Å². The third kappa shape index (κ3) is 7.35. The zero-order chi connectivity index (χ0) is 18.6. The van der Waals surface area contributed by atoms with Crippen LogP contribution in [0, 0.1) is 5.82 Å². The maximum absolute atomic E-state index is 13.1. The third-order valence-corrected chi connectivity index (χ3v) is 4.75. The van der Waals surface area contributed by atoms with Gasteiger partial charge in [-0.2, -0.15) is 0 Å². The number of benzene rings is 2. The van der Waals surface area contributed by atoms with E-state index in [-0.39, 0.29) is 5.82 Å². The fourth-order valence-electron chi connectivity index (χ4n) is 2.84. The van der Waals surface area contributed by atoms with Gasteiger partial charge in [-0.1, -0.05) is 74.9 Å². The average molecular weight is 378 g/mol. The highest BCUT2D eigenvalue weighted by atomic mass is 35.5. The Labute approximate surface area is 161 Å². The Kier molecular flexibility index (Phi) is 9.51. The quantitative estimate of drug-likeness (QED) is 0.426. The van der Waals surface area contributed by atoms with Crippen LogP contribution in [-0.2, 0) is 13.2 Å². The minimum absolute atomic E-state index is 0.327. The Morgan fingerprint density at radius 1 is 0.962 bits per heavy atom. The third-order valence-electron chi connectivity index (χ3n) is 4.39. The summed E-state index contributed by atoms with van der Waals surface area (Å²) in [7, 11) is 0. The molecule has 4 heteroatoms. The Morgan fingerprint density at radius 3 is 2.54 bits per heavy atom. The fraction of sp³-hybridized carbons (Fsp3) is 0.455. The minimum Gasteiger partial charge on any atom is -0.489 e. The molecule has 0 aliphatic rings. The van der Waals surface area contributed by atoms with Gasteiger partial charge in [-0.05, 0) is 31.2 Å². The van der Waals surface area contributed by atoms with Crippen LogP contribution in [0.25, 0.3) is 0 Å². The van der Waals surface area contributed by atoms with E-state index in [2.05, 4.69) is 18.3 Å². The Balaban J connectivity index is 1.76. The molecule has 1 N–H and O–H groups in total. The summed E-state index contributed by atoms with van der Waals surface area (Å²) in [4.78, 5) is 0. The van der Waals surface area contributed by atoms with Gasteiger partial charge in [0, 0.05) is 17.7 Å². The second-order valence-electron chi connectivity index (χ2n) is 6.58. The molecule has 0 saturated heterocycles. The van der Waals surface area contributed by atoms with Crippen molar-refractivity contribution in [2.24, 2.45) is 0 Å². The summed E-state index contributed by atoms with van der Waals surface area (Å²) in [5, 5.41) is 3.89. The molecule has 0 amide bonds. The van der Waals surface area contributed by atoms with Gasteiger partial charge in [-0.15, -0.1) is 0 Å². The number of rotatable bonds is 12. The molecule has 2 nitrogen and oxygen atoms in total. The SMILES string of the molecule is CCCCCCCCNCc1ccccc1OCc1ccc(F)cc1Cl. The first-order valence-corrected chi connectivity index (χ1v) is 9.94. The normalized spacial score (nSPS) is 10.9. The van der Waals surface area contributed by atoms with Crippen molar-refractivity contribution in [1.29, 1.82) is 0 Å². The van der Waals surface area contributed by atoms with E-state index in [4.69, 9.17) is 16.3 Å². The molecule has 0 spiro atoms. The van der Waals surface area contributed by atoms with Crippen LogP contribution < -0.4 is 10.1 Å². The largest absolute Gasteiger partial charge is 0.489 e. The summed E-state index contributed by atoms with van der Waals surface area (Å²) in [6.45, 7) is 4.37. The molecule has 0 aromatic heterocycles. The number of ether oxygens (including phenoxy) is 1. The van der Waals surface area contributed by atoms with E-state index in [1.807, 2.05) is 18.2 Å². The first-order chi connectivity index (χ1) is 12.7. The van der Waals surface area contributed by atoms with Crippen LogP contribution in [0.15, 0.2) is 42.5 Å². The van der Waals surface area contributed by atoms with E-state index < -0.39 is 0 Å². The minimum atomic E-state index is -0.335. The van der Waals surface area contributed by atoms with E-state index in [0.29, 0.717) is 11.6 Å². The molecule has 2 aromatic carbocycles. The smallest absolute Gasteiger partial charge is 0.124 e. The van der Waals surface area contributed by atoms with Crippen LogP contribution in [0.1, 0.15) is 56.6 Å². The van der Waals surface area contributed by atoms with Crippen LogP contribution in [-0.4, -0.2) is 6.54 Å². The van der Waals surface area contributed by atoms with E-state index in [1.54, 1.807) is 6.07 Å². The van der Waals surface area contributed by atoms with E-state index in [0.717, 1.165) is 30.0 Å². The molecule has 0 aliphatic heterocycles. The standard InChI is InChI=1S/C22H29ClFNO/c1-2-3-4-5-6-9-14-25-16-18-10-7-8-11-22(18)26-17-19-12-13-20(24)15-21(19)23/h7-8,10-13,15,25H,2-6,9,14,16-17H2,1H3. The van der Waals surface area contributed by atoms with Crippen LogP contribution in [0.3, 0.4) is 0 Å². The second-order valence-corrected chi connectivity index (χ2v) is 6.98. The summed E-state index contributed by atoms with van der Waals surface area (Å²) in [5.41, 5.74) is 1.90. The van der Waals surface area contributed by atoms with Crippen molar-refractivity contribution in [3.05, 3.63) is 64.4 Å². The molecule has 2 aromatic rings. The van der Waals surface area contributed by atoms with Crippen LogP contribution >= 0.6 is 11.6 Å². The lowest BCUT2D eigenvalue weighted by Gasteiger charge is -2.13. The topological polar surface area (TPSA) is 21.3 Å².